The third-order valence-corrected chi connectivity index (χ3v) is 5.82. The Kier molecular flexibility index (Phi) is 3.08. The molecule has 3 aliphatic rings. The second-order valence-corrected chi connectivity index (χ2v) is 7.10. The van der Waals surface area contributed by atoms with Crippen molar-refractivity contribution in [2.75, 3.05) is 0 Å². The minimum atomic E-state index is -0.190. The van der Waals surface area contributed by atoms with Gasteiger partial charge in [-0.3, -0.25) is 9.59 Å². The van der Waals surface area contributed by atoms with Gasteiger partial charge in [-0.1, -0.05) is 40.2 Å². The van der Waals surface area contributed by atoms with Crippen LogP contribution in [0.4, 0.5) is 0 Å². The Labute approximate surface area is 137 Å². The SMILES string of the molecule is Cc1ccc(/C=N/N2C(=O)C3C4C=CC(C4)C3C2=O)cc1Br. The van der Waals surface area contributed by atoms with E-state index in [0.717, 1.165) is 27.0 Å². The average Bonchev–Trinajstić information content (AvgIpc) is 3.16. The highest BCUT2D eigenvalue weighted by Crippen LogP contribution is 2.52. The second kappa shape index (κ2) is 4.88. The summed E-state index contributed by atoms with van der Waals surface area (Å²) in [6, 6.07) is 5.81. The predicted molar refractivity (Wildman–Crippen MR) is 86.0 cm³/mol. The van der Waals surface area contributed by atoms with Crippen molar-refractivity contribution in [3.8, 4) is 0 Å². The van der Waals surface area contributed by atoms with Crippen LogP contribution in [0.2, 0.25) is 0 Å². The quantitative estimate of drug-likeness (QED) is 0.463. The van der Waals surface area contributed by atoms with E-state index in [9.17, 15) is 9.59 Å². The van der Waals surface area contributed by atoms with Crippen molar-refractivity contribution in [2.45, 2.75) is 13.3 Å². The van der Waals surface area contributed by atoms with Gasteiger partial charge in [0.25, 0.3) is 11.8 Å². The lowest BCUT2D eigenvalue weighted by molar-refractivity contribution is -0.140. The number of hydrazone groups is 1. The molecule has 0 radical (unpaired) electrons. The number of hydrogen-bond donors (Lipinski definition) is 0. The van der Waals surface area contributed by atoms with Gasteiger partial charge < -0.3 is 0 Å². The van der Waals surface area contributed by atoms with Crippen molar-refractivity contribution in [3.63, 3.8) is 0 Å². The molecule has 2 bridgehead atoms. The third-order valence-electron chi connectivity index (χ3n) is 4.97. The van der Waals surface area contributed by atoms with E-state index in [1.165, 1.54) is 0 Å². The van der Waals surface area contributed by atoms with E-state index in [1.807, 2.05) is 25.1 Å². The summed E-state index contributed by atoms with van der Waals surface area (Å²) in [4.78, 5) is 25.0. The molecule has 112 valence electrons. The first-order chi connectivity index (χ1) is 10.6. The van der Waals surface area contributed by atoms with Gasteiger partial charge in [0.15, 0.2) is 0 Å². The Hall–Kier alpha value is -1.75. The zero-order valence-electron chi connectivity index (χ0n) is 12.1. The summed E-state index contributed by atoms with van der Waals surface area (Å²) < 4.78 is 0.981. The van der Waals surface area contributed by atoms with E-state index in [4.69, 9.17) is 0 Å². The normalized spacial score (nSPS) is 32.5. The number of nitrogens with zero attached hydrogens (tertiary/aromatic N) is 2. The molecular weight excluding hydrogens is 344 g/mol. The highest BCUT2D eigenvalue weighted by atomic mass is 79.9. The molecule has 5 heteroatoms. The maximum atomic E-state index is 12.5. The smallest absolute Gasteiger partial charge is 0.254 e. The number of aryl methyl sites for hydroxylation is 1. The number of allylic oxidation sites excluding steroid dienone is 2. The van der Waals surface area contributed by atoms with Crippen LogP contribution in [0.15, 0.2) is 39.9 Å². The summed E-state index contributed by atoms with van der Waals surface area (Å²) in [6.45, 7) is 2.00. The van der Waals surface area contributed by atoms with E-state index in [1.54, 1.807) is 6.21 Å². The van der Waals surface area contributed by atoms with Gasteiger partial charge in [-0.25, -0.2) is 0 Å². The Morgan fingerprint density at radius 1 is 1.18 bits per heavy atom. The molecular formula is C17H15BrN2O2. The molecule has 0 spiro atoms. The Bertz CT molecular complexity index is 710. The van der Waals surface area contributed by atoms with Crippen molar-refractivity contribution in [3.05, 3.63) is 46.0 Å². The summed E-state index contributed by atoms with van der Waals surface area (Å²) in [5.74, 6) is -0.224. The fourth-order valence-corrected chi connectivity index (χ4v) is 4.21. The summed E-state index contributed by atoms with van der Waals surface area (Å²) in [6.07, 6.45) is 6.69. The summed E-state index contributed by atoms with van der Waals surface area (Å²) in [5.41, 5.74) is 1.99. The molecule has 1 aromatic rings. The maximum Gasteiger partial charge on any atom is 0.254 e. The lowest BCUT2D eigenvalue weighted by Crippen LogP contribution is -2.28. The second-order valence-electron chi connectivity index (χ2n) is 6.24. The summed E-state index contributed by atoms with van der Waals surface area (Å²) in [5, 5.41) is 5.24. The number of imide groups is 1. The minimum Gasteiger partial charge on any atom is -0.272 e. The van der Waals surface area contributed by atoms with Crippen molar-refractivity contribution in [2.24, 2.45) is 28.8 Å². The fraction of sp³-hybridized carbons (Fsp3) is 0.353. The number of fused-ring (bicyclic) bond motifs is 5. The van der Waals surface area contributed by atoms with Crippen LogP contribution in [0, 0.1) is 30.6 Å². The first kappa shape index (κ1) is 13.9. The standard InChI is InChI=1S/C17H15BrN2O2/c1-9-2-3-10(6-13(9)18)8-19-20-16(21)14-11-4-5-12(7-11)15(14)17(20)22/h2-6,8,11-12,14-15H,7H2,1H3/b19-8+. The molecule has 2 aliphatic carbocycles. The Balaban J connectivity index is 1.59. The van der Waals surface area contributed by atoms with Crippen molar-refractivity contribution >= 4 is 34.0 Å². The number of carbonyl (C=O) groups excluding carboxylic acids is 2. The number of carbonyl (C=O) groups is 2. The molecule has 1 saturated heterocycles. The summed E-state index contributed by atoms with van der Waals surface area (Å²) >= 11 is 3.47. The zero-order chi connectivity index (χ0) is 15.4. The molecule has 4 unspecified atom stereocenters. The van der Waals surface area contributed by atoms with Gasteiger partial charge in [0.1, 0.15) is 0 Å². The lowest BCUT2D eigenvalue weighted by atomic mass is 9.85. The monoisotopic (exact) mass is 358 g/mol. The number of amides is 2. The molecule has 0 aromatic heterocycles. The Morgan fingerprint density at radius 3 is 2.41 bits per heavy atom. The number of rotatable bonds is 2. The molecule has 22 heavy (non-hydrogen) atoms. The van der Waals surface area contributed by atoms with Crippen molar-refractivity contribution in [1.82, 2.24) is 5.01 Å². The van der Waals surface area contributed by atoms with Gasteiger partial charge in [-0.15, -0.1) is 0 Å². The number of halogens is 1. The van der Waals surface area contributed by atoms with Gasteiger partial charge >= 0.3 is 0 Å². The van der Waals surface area contributed by atoms with Crippen LogP contribution in [0.3, 0.4) is 0 Å². The first-order valence-electron chi connectivity index (χ1n) is 7.42. The summed E-state index contributed by atoms with van der Waals surface area (Å²) in [7, 11) is 0. The van der Waals surface area contributed by atoms with Crippen LogP contribution >= 0.6 is 15.9 Å². The fourth-order valence-electron chi connectivity index (χ4n) is 3.81. The van der Waals surface area contributed by atoms with E-state index < -0.39 is 0 Å². The largest absolute Gasteiger partial charge is 0.272 e. The highest BCUT2D eigenvalue weighted by Gasteiger charge is 2.59. The molecule has 1 aliphatic heterocycles. The predicted octanol–water partition coefficient (Wildman–Crippen LogP) is 2.90. The van der Waals surface area contributed by atoms with Crippen LogP contribution in [0.5, 0.6) is 0 Å². The van der Waals surface area contributed by atoms with E-state index in [2.05, 4.69) is 33.2 Å². The van der Waals surface area contributed by atoms with E-state index >= 15 is 0 Å². The van der Waals surface area contributed by atoms with Crippen molar-refractivity contribution in [1.29, 1.82) is 0 Å². The molecule has 2 fully saturated rings. The molecule has 4 nitrogen and oxygen atoms in total. The van der Waals surface area contributed by atoms with Gasteiger partial charge in [-0.05, 0) is 42.4 Å². The Morgan fingerprint density at radius 2 is 1.82 bits per heavy atom. The van der Waals surface area contributed by atoms with Crippen LogP contribution in [-0.2, 0) is 9.59 Å². The van der Waals surface area contributed by atoms with Crippen molar-refractivity contribution < 1.29 is 9.59 Å². The van der Waals surface area contributed by atoms with Crippen LogP contribution < -0.4 is 0 Å². The van der Waals surface area contributed by atoms with Gasteiger partial charge in [0, 0.05) is 4.47 Å². The molecule has 4 rings (SSSR count). The molecule has 4 atom stereocenters. The average molecular weight is 359 g/mol. The number of benzene rings is 1. The topological polar surface area (TPSA) is 49.7 Å². The van der Waals surface area contributed by atoms with Crippen LogP contribution in [0.25, 0.3) is 0 Å². The van der Waals surface area contributed by atoms with E-state index in [-0.39, 0.29) is 35.5 Å². The van der Waals surface area contributed by atoms with Crippen LogP contribution in [0.1, 0.15) is 17.5 Å². The van der Waals surface area contributed by atoms with Gasteiger partial charge in [-0.2, -0.15) is 10.1 Å². The number of hydrogen-bond acceptors (Lipinski definition) is 3. The minimum absolute atomic E-state index is 0.144. The molecule has 1 heterocycles. The first-order valence-corrected chi connectivity index (χ1v) is 8.22. The van der Waals surface area contributed by atoms with E-state index in [0.29, 0.717) is 0 Å². The molecule has 1 saturated carbocycles. The molecule has 2 amide bonds. The van der Waals surface area contributed by atoms with Gasteiger partial charge in [0.2, 0.25) is 0 Å². The maximum absolute atomic E-state index is 12.5. The molecule has 0 N–H and O–H groups in total. The lowest BCUT2D eigenvalue weighted by Gasteiger charge is -2.13. The zero-order valence-corrected chi connectivity index (χ0v) is 13.7. The highest BCUT2D eigenvalue weighted by molar-refractivity contribution is 9.10. The van der Waals surface area contributed by atoms with Gasteiger partial charge in [0.05, 0.1) is 18.1 Å². The molecule has 1 aromatic carbocycles. The third kappa shape index (κ3) is 1.92. The van der Waals surface area contributed by atoms with Crippen LogP contribution in [-0.4, -0.2) is 23.0 Å².